The van der Waals surface area contributed by atoms with E-state index in [0.717, 1.165) is 0 Å². The van der Waals surface area contributed by atoms with Gasteiger partial charge in [0.2, 0.25) is 0 Å². The number of benzene rings is 1. The average molecular weight is 363 g/mol. The van der Waals surface area contributed by atoms with E-state index in [4.69, 9.17) is 18.9 Å². The summed E-state index contributed by atoms with van der Waals surface area (Å²) >= 11 is 0. The van der Waals surface area contributed by atoms with Crippen molar-refractivity contribution in [1.29, 1.82) is 0 Å². The van der Waals surface area contributed by atoms with Gasteiger partial charge in [0.1, 0.15) is 0 Å². The van der Waals surface area contributed by atoms with Crippen LogP contribution in [-0.2, 0) is 18.9 Å². The summed E-state index contributed by atoms with van der Waals surface area (Å²) in [7, 11) is 0. The minimum atomic E-state index is -0.264. The zero-order valence-corrected chi connectivity index (χ0v) is 14.9. The van der Waals surface area contributed by atoms with Crippen LogP contribution in [0.25, 0.3) is 0 Å². The van der Waals surface area contributed by atoms with Crippen molar-refractivity contribution in [3.63, 3.8) is 0 Å². The van der Waals surface area contributed by atoms with E-state index in [-0.39, 0.29) is 25.0 Å². The van der Waals surface area contributed by atoms with Gasteiger partial charge in [-0.1, -0.05) is 18.2 Å². The van der Waals surface area contributed by atoms with Crippen molar-refractivity contribution in [1.82, 2.24) is 4.90 Å². The molecular formula is C19H25NO6. The SMILES string of the molecule is C=CCOCCOCCOCCOCCN1C(=O)c2ccccc2C1=O. The molecule has 0 radical (unpaired) electrons. The van der Waals surface area contributed by atoms with E-state index >= 15 is 0 Å². The van der Waals surface area contributed by atoms with Gasteiger partial charge in [0.15, 0.2) is 0 Å². The molecule has 0 saturated carbocycles. The monoisotopic (exact) mass is 363 g/mol. The summed E-state index contributed by atoms with van der Waals surface area (Å²) in [5.74, 6) is -0.528. The van der Waals surface area contributed by atoms with Crippen LogP contribution in [0.1, 0.15) is 20.7 Å². The maximum atomic E-state index is 12.2. The number of carbonyl (C=O) groups excluding carboxylic acids is 2. The highest BCUT2D eigenvalue weighted by Crippen LogP contribution is 2.21. The minimum Gasteiger partial charge on any atom is -0.377 e. The second kappa shape index (κ2) is 11.5. The van der Waals surface area contributed by atoms with Gasteiger partial charge in [-0.2, -0.15) is 0 Å². The Morgan fingerprint density at radius 2 is 1.23 bits per heavy atom. The van der Waals surface area contributed by atoms with Crippen LogP contribution in [0.15, 0.2) is 36.9 Å². The number of rotatable bonds is 14. The second-order valence-corrected chi connectivity index (χ2v) is 5.51. The van der Waals surface area contributed by atoms with Crippen LogP contribution in [0.3, 0.4) is 0 Å². The van der Waals surface area contributed by atoms with Gasteiger partial charge in [0, 0.05) is 0 Å². The molecule has 0 aliphatic carbocycles. The lowest BCUT2D eigenvalue weighted by atomic mass is 10.1. The normalized spacial score (nSPS) is 13.3. The number of fused-ring (bicyclic) bond motifs is 1. The Kier molecular flexibility index (Phi) is 8.99. The van der Waals surface area contributed by atoms with Gasteiger partial charge in [-0.3, -0.25) is 14.5 Å². The molecule has 2 rings (SSSR count). The average Bonchev–Trinajstić information content (AvgIpc) is 2.90. The molecule has 0 spiro atoms. The first-order valence-electron chi connectivity index (χ1n) is 8.62. The molecule has 1 aromatic carbocycles. The van der Waals surface area contributed by atoms with Crippen molar-refractivity contribution in [2.24, 2.45) is 0 Å². The van der Waals surface area contributed by atoms with Crippen molar-refractivity contribution in [3.8, 4) is 0 Å². The van der Waals surface area contributed by atoms with Gasteiger partial charge in [-0.05, 0) is 12.1 Å². The number of hydrogen-bond acceptors (Lipinski definition) is 6. The fourth-order valence-corrected chi connectivity index (χ4v) is 2.42. The lowest BCUT2D eigenvalue weighted by molar-refractivity contribution is -0.000746. The van der Waals surface area contributed by atoms with Gasteiger partial charge in [-0.15, -0.1) is 6.58 Å². The van der Waals surface area contributed by atoms with E-state index in [0.29, 0.717) is 57.4 Å². The molecule has 26 heavy (non-hydrogen) atoms. The first-order valence-corrected chi connectivity index (χ1v) is 8.62. The predicted octanol–water partition coefficient (Wildman–Crippen LogP) is 1.53. The fourth-order valence-electron chi connectivity index (χ4n) is 2.42. The molecule has 0 unspecified atom stereocenters. The summed E-state index contributed by atoms with van der Waals surface area (Å²) in [6.45, 7) is 7.45. The van der Waals surface area contributed by atoms with Crippen LogP contribution < -0.4 is 0 Å². The molecule has 2 amide bonds. The summed E-state index contributed by atoms with van der Waals surface area (Å²) < 4.78 is 21.3. The Bertz CT molecular complexity index is 568. The van der Waals surface area contributed by atoms with Gasteiger partial charge < -0.3 is 18.9 Å². The molecule has 7 nitrogen and oxygen atoms in total. The zero-order chi connectivity index (χ0) is 18.6. The molecule has 0 aromatic heterocycles. The fraction of sp³-hybridized carbons (Fsp3) is 0.474. The molecule has 0 bridgehead atoms. The first-order chi connectivity index (χ1) is 12.8. The lowest BCUT2D eigenvalue weighted by Gasteiger charge is -2.13. The van der Waals surface area contributed by atoms with E-state index in [1.165, 1.54) is 4.90 Å². The van der Waals surface area contributed by atoms with E-state index in [1.807, 2.05) is 0 Å². The maximum absolute atomic E-state index is 12.2. The number of imide groups is 1. The Hall–Kier alpha value is -2.06. The van der Waals surface area contributed by atoms with Crippen LogP contribution in [0, 0.1) is 0 Å². The number of hydrogen-bond donors (Lipinski definition) is 0. The van der Waals surface area contributed by atoms with Crippen molar-refractivity contribution in [2.75, 3.05) is 59.4 Å². The summed E-state index contributed by atoms with van der Waals surface area (Å²) in [5, 5.41) is 0. The quantitative estimate of drug-likeness (QED) is 0.284. The standard InChI is InChI=1S/C19H25NO6/c1-2-8-23-10-12-25-14-15-26-13-11-24-9-7-20-18(21)16-5-3-4-6-17(16)19(20)22/h2-6H,1,7-15H2. The van der Waals surface area contributed by atoms with Crippen LogP contribution in [0.4, 0.5) is 0 Å². The lowest BCUT2D eigenvalue weighted by Crippen LogP contribution is -2.33. The maximum Gasteiger partial charge on any atom is 0.261 e. The van der Waals surface area contributed by atoms with Crippen molar-refractivity contribution >= 4 is 11.8 Å². The molecule has 0 atom stereocenters. The molecule has 0 saturated heterocycles. The van der Waals surface area contributed by atoms with Crippen LogP contribution in [0.5, 0.6) is 0 Å². The molecule has 0 fully saturated rings. The van der Waals surface area contributed by atoms with Gasteiger partial charge >= 0.3 is 0 Å². The highest BCUT2D eigenvalue weighted by atomic mass is 16.6. The zero-order valence-electron chi connectivity index (χ0n) is 14.9. The smallest absolute Gasteiger partial charge is 0.261 e. The van der Waals surface area contributed by atoms with E-state index < -0.39 is 0 Å². The van der Waals surface area contributed by atoms with E-state index in [1.54, 1.807) is 30.3 Å². The third-order valence-electron chi connectivity index (χ3n) is 3.69. The minimum absolute atomic E-state index is 0.236. The summed E-state index contributed by atoms with van der Waals surface area (Å²) in [5.41, 5.74) is 0.909. The van der Waals surface area contributed by atoms with Crippen LogP contribution in [0.2, 0.25) is 0 Å². The van der Waals surface area contributed by atoms with Crippen LogP contribution >= 0.6 is 0 Å². The number of carbonyl (C=O) groups is 2. The Balaban J connectivity index is 1.46. The highest BCUT2D eigenvalue weighted by Gasteiger charge is 2.34. The molecule has 1 heterocycles. The predicted molar refractivity (Wildman–Crippen MR) is 95.3 cm³/mol. The Morgan fingerprint density at radius 3 is 1.73 bits per heavy atom. The number of ether oxygens (including phenoxy) is 4. The molecule has 1 aliphatic rings. The third-order valence-corrected chi connectivity index (χ3v) is 3.69. The van der Waals surface area contributed by atoms with Crippen LogP contribution in [-0.4, -0.2) is 76.1 Å². The van der Waals surface area contributed by atoms with E-state index in [9.17, 15) is 9.59 Å². The number of amides is 2. The van der Waals surface area contributed by atoms with Gasteiger partial charge in [0.05, 0.1) is 70.5 Å². The summed E-state index contributed by atoms with van der Waals surface area (Å²) in [4.78, 5) is 25.5. The summed E-state index contributed by atoms with van der Waals surface area (Å²) in [6, 6.07) is 6.83. The van der Waals surface area contributed by atoms with E-state index in [2.05, 4.69) is 6.58 Å². The molecule has 1 aromatic rings. The first kappa shape index (κ1) is 20.3. The Labute approximate surface area is 153 Å². The van der Waals surface area contributed by atoms with Gasteiger partial charge in [-0.25, -0.2) is 0 Å². The number of nitrogens with zero attached hydrogens (tertiary/aromatic N) is 1. The Morgan fingerprint density at radius 1 is 0.769 bits per heavy atom. The topological polar surface area (TPSA) is 74.3 Å². The van der Waals surface area contributed by atoms with Crippen molar-refractivity contribution < 1.29 is 28.5 Å². The van der Waals surface area contributed by atoms with Crippen molar-refractivity contribution in [2.45, 2.75) is 0 Å². The molecule has 142 valence electrons. The van der Waals surface area contributed by atoms with Crippen molar-refractivity contribution in [3.05, 3.63) is 48.0 Å². The molecular weight excluding hydrogens is 338 g/mol. The highest BCUT2D eigenvalue weighted by molar-refractivity contribution is 6.21. The van der Waals surface area contributed by atoms with Gasteiger partial charge in [0.25, 0.3) is 11.8 Å². The molecule has 0 N–H and O–H groups in total. The third kappa shape index (κ3) is 6.03. The molecule has 1 aliphatic heterocycles. The largest absolute Gasteiger partial charge is 0.377 e. The summed E-state index contributed by atoms with van der Waals surface area (Å²) in [6.07, 6.45) is 1.69. The molecule has 7 heteroatoms. The second-order valence-electron chi connectivity index (χ2n) is 5.51.